The van der Waals surface area contributed by atoms with Crippen molar-refractivity contribution in [1.29, 1.82) is 0 Å². The molecule has 0 aliphatic rings. The lowest BCUT2D eigenvalue weighted by Crippen LogP contribution is -2.29. The van der Waals surface area contributed by atoms with Crippen molar-refractivity contribution in [2.24, 2.45) is 0 Å². The zero-order chi connectivity index (χ0) is 33.3. The van der Waals surface area contributed by atoms with Crippen molar-refractivity contribution in [3.63, 3.8) is 0 Å². The van der Waals surface area contributed by atoms with E-state index in [0.29, 0.717) is 6.42 Å². The van der Waals surface area contributed by atoms with Crippen LogP contribution in [0.25, 0.3) is 0 Å². The maximum absolute atomic E-state index is 12.3. The van der Waals surface area contributed by atoms with Gasteiger partial charge in [-0.15, -0.1) is 0 Å². The fraction of sp³-hybridized carbons (Fsp3) is 0.833. The number of allylic oxidation sites excluding steroid dienone is 4. The number of carbonyl (C=O) groups is 2. The molecule has 0 saturated carbocycles. The SMILES string of the molecule is CCCCC/C=C\C/C=C\CCCCCCCCCC(=O)O[C@H](COC(=O)CCCCCCCCCCCC)COP(=O)(O)O. The van der Waals surface area contributed by atoms with E-state index in [2.05, 4.69) is 42.7 Å². The average molecular weight is 659 g/mol. The lowest BCUT2D eigenvalue weighted by Gasteiger charge is -2.18. The van der Waals surface area contributed by atoms with Crippen LogP contribution < -0.4 is 0 Å². The molecule has 0 rings (SSSR count). The van der Waals surface area contributed by atoms with Crippen LogP contribution in [0.2, 0.25) is 0 Å². The van der Waals surface area contributed by atoms with E-state index in [1.165, 1.54) is 89.9 Å². The predicted molar refractivity (Wildman–Crippen MR) is 184 cm³/mol. The highest BCUT2D eigenvalue weighted by atomic mass is 31.2. The minimum atomic E-state index is -4.74. The van der Waals surface area contributed by atoms with E-state index in [0.717, 1.165) is 51.4 Å². The van der Waals surface area contributed by atoms with Crippen molar-refractivity contribution in [2.45, 2.75) is 180 Å². The molecule has 0 amide bonds. The van der Waals surface area contributed by atoms with Gasteiger partial charge in [-0.05, 0) is 44.9 Å². The van der Waals surface area contributed by atoms with E-state index in [1.54, 1.807) is 0 Å². The van der Waals surface area contributed by atoms with Crippen LogP contribution in [0.3, 0.4) is 0 Å². The van der Waals surface area contributed by atoms with Crippen LogP contribution in [0.4, 0.5) is 0 Å². The first kappa shape index (κ1) is 43.5. The Labute approximate surface area is 275 Å². The van der Waals surface area contributed by atoms with Gasteiger partial charge in [0.25, 0.3) is 0 Å². The van der Waals surface area contributed by atoms with E-state index >= 15 is 0 Å². The van der Waals surface area contributed by atoms with E-state index in [4.69, 9.17) is 19.3 Å². The summed E-state index contributed by atoms with van der Waals surface area (Å²) in [6, 6.07) is 0. The number of hydrogen-bond donors (Lipinski definition) is 2. The van der Waals surface area contributed by atoms with E-state index in [-0.39, 0.29) is 19.4 Å². The predicted octanol–water partition coefficient (Wildman–Crippen LogP) is 10.5. The fourth-order valence-electron chi connectivity index (χ4n) is 4.99. The second kappa shape index (κ2) is 32.5. The number of unbranched alkanes of at least 4 members (excludes halogenated alkanes) is 19. The Balaban J connectivity index is 3.97. The average Bonchev–Trinajstić information content (AvgIpc) is 3.00. The number of hydrogen-bond acceptors (Lipinski definition) is 6. The van der Waals surface area contributed by atoms with Crippen LogP contribution >= 0.6 is 7.82 Å². The minimum absolute atomic E-state index is 0.205. The van der Waals surface area contributed by atoms with Gasteiger partial charge < -0.3 is 19.3 Å². The van der Waals surface area contributed by atoms with E-state index in [9.17, 15) is 14.2 Å². The zero-order valence-corrected chi connectivity index (χ0v) is 29.7. The number of phosphoric acid groups is 1. The van der Waals surface area contributed by atoms with Gasteiger partial charge in [-0.1, -0.05) is 141 Å². The summed E-state index contributed by atoms with van der Waals surface area (Å²) in [5.41, 5.74) is 0. The largest absolute Gasteiger partial charge is 0.469 e. The van der Waals surface area contributed by atoms with Gasteiger partial charge in [-0.2, -0.15) is 0 Å². The number of esters is 2. The van der Waals surface area contributed by atoms with Gasteiger partial charge in [0.15, 0.2) is 6.10 Å². The van der Waals surface area contributed by atoms with Crippen molar-refractivity contribution in [2.75, 3.05) is 13.2 Å². The Bertz CT molecular complexity index is 792. The number of carbonyl (C=O) groups excluding carboxylic acids is 2. The number of phosphoric ester groups is 1. The molecule has 0 aliphatic carbocycles. The first-order valence-corrected chi connectivity index (χ1v) is 19.7. The molecule has 0 aliphatic heterocycles. The molecule has 0 aromatic heterocycles. The minimum Gasteiger partial charge on any atom is -0.462 e. The van der Waals surface area contributed by atoms with Crippen molar-refractivity contribution in [3.8, 4) is 0 Å². The van der Waals surface area contributed by atoms with E-state index in [1.807, 2.05) is 0 Å². The van der Waals surface area contributed by atoms with Gasteiger partial charge in [0, 0.05) is 12.8 Å². The monoisotopic (exact) mass is 658 g/mol. The lowest BCUT2D eigenvalue weighted by molar-refractivity contribution is -0.161. The summed E-state index contributed by atoms with van der Waals surface area (Å²) >= 11 is 0. The van der Waals surface area contributed by atoms with Crippen LogP contribution in [0, 0.1) is 0 Å². The molecule has 0 fully saturated rings. The van der Waals surface area contributed by atoms with Gasteiger partial charge in [0.2, 0.25) is 0 Å². The Morgan fingerprint density at radius 3 is 1.51 bits per heavy atom. The van der Waals surface area contributed by atoms with Crippen LogP contribution in [0.15, 0.2) is 24.3 Å². The third kappa shape index (κ3) is 35.2. The van der Waals surface area contributed by atoms with Crippen molar-refractivity contribution in [3.05, 3.63) is 24.3 Å². The summed E-state index contributed by atoms with van der Waals surface area (Å²) in [7, 11) is -4.74. The second-order valence-corrected chi connectivity index (χ2v) is 13.4. The molecule has 0 aromatic rings. The summed E-state index contributed by atoms with van der Waals surface area (Å²) in [6.45, 7) is 3.62. The molecule has 0 aromatic carbocycles. The topological polar surface area (TPSA) is 119 Å². The van der Waals surface area contributed by atoms with Gasteiger partial charge in [0.05, 0.1) is 6.61 Å². The second-order valence-electron chi connectivity index (χ2n) is 12.2. The third-order valence-electron chi connectivity index (χ3n) is 7.72. The molecule has 2 N–H and O–H groups in total. The highest BCUT2D eigenvalue weighted by molar-refractivity contribution is 7.46. The first-order valence-electron chi connectivity index (χ1n) is 18.1. The Kier molecular flexibility index (Phi) is 31.4. The van der Waals surface area contributed by atoms with Crippen molar-refractivity contribution in [1.82, 2.24) is 0 Å². The van der Waals surface area contributed by atoms with Crippen LogP contribution in [-0.4, -0.2) is 41.0 Å². The highest BCUT2D eigenvalue weighted by Gasteiger charge is 2.22. The maximum atomic E-state index is 12.3. The first-order chi connectivity index (χ1) is 21.8. The molecule has 0 spiro atoms. The molecule has 264 valence electrons. The molecule has 45 heavy (non-hydrogen) atoms. The summed E-state index contributed by atoms with van der Waals surface area (Å²) in [5.74, 6) is -0.893. The molecule has 8 nitrogen and oxygen atoms in total. The Morgan fingerprint density at radius 2 is 1.00 bits per heavy atom. The van der Waals surface area contributed by atoms with Crippen LogP contribution in [-0.2, 0) is 28.2 Å². The van der Waals surface area contributed by atoms with E-state index < -0.39 is 32.5 Å². The van der Waals surface area contributed by atoms with Gasteiger partial charge >= 0.3 is 19.8 Å². The molecular formula is C36H67O8P. The highest BCUT2D eigenvalue weighted by Crippen LogP contribution is 2.36. The molecule has 0 heterocycles. The molecule has 0 bridgehead atoms. The molecular weight excluding hydrogens is 591 g/mol. The molecule has 0 unspecified atom stereocenters. The standard InChI is InChI=1S/C36H67O8P/c1-3-5-7-9-11-13-15-16-17-18-19-20-21-23-25-27-29-31-36(38)44-34(33-43-45(39,40)41)32-42-35(37)30-28-26-24-22-14-12-10-8-6-4-2/h11,13,16-17,34H,3-10,12,14-15,18-33H2,1-2H3,(H2,39,40,41)/b13-11-,17-16-/t34-/m1/s1. The van der Waals surface area contributed by atoms with Gasteiger partial charge in [-0.25, -0.2) is 4.57 Å². The van der Waals surface area contributed by atoms with Crippen LogP contribution in [0.5, 0.6) is 0 Å². The molecule has 0 radical (unpaired) electrons. The van der Waals surface area contributed by atoms with Crippen molar-refractivity contribution < 1.29 is 37.9 Å². The third-order valence-corrected chi connectivity index (χ3v) is 8.21. The lowest BCUT2D eigenvalue weighted by atomic mass is 10.1. The number of rotatable bonds is 33. The Hall–Kier alpha value is -1.47. The molecule has 9 heteroatoms. The smallest absolute Gasteiger partial charge is 0.462 e. The van der Waals surface area contributed by atoms with Gasteiger partial charge in [-0.3, -0.25) is 14.1 Å². The normalized spacial score (nSPS) is 12.7. The Morgan fingerprint density at radius 1 is 0.578 bits per heavy atom. The quantitative estimate of drug-likeness (QED) is 0.0309. The number of ether oxygens (including phenoxy) is 2. The van der Waals surface area contributed by atoms with Crippen molar-refractivity contribution >= 4 is 19.8 Å². The molecule has 0 saturated heterocycles. The zero-order valence-electron chi connectivity index (χ0n) is 28.8. The van der Waals surface area contributed by atoms with Gasteiger partial charge in [0.1, 0.15) is 6.61 Å². The summed E-state index contributed by atoms with van der Waals surface area (Å²) < 4.78 is 26.2. The maximum Gasteiger partial charge on any atom is 0.469 e. The summed E-state index contributed by atoms with van der Waals surface area (Å²) in [5, 5.41) is 0. The summed E-state index contributed by atoms with van der Waals surface area (Å²) in [6.07, 6.45) is 34.7. The fourth-order valence-corrected chi connectivity index (χ4v) is 5.35. The van der Waals surface area contributed by atoms with Crippen LogP contribution in [0.1, 0.15) is 174 Å². The molecule has 1 atom stereocenters. The summed E-state index contributed by atoms with van der Waals surface area (Å²) in [4.78, 5) is 42.6.